The Bertz CT molecular complexity index is 254. The molecule has 0 aromatic carbocycles. The summed E-state index contributed by atoms with van der Waals surface area (Å²) in [6.45, 7) is 6.68. The molecule has 0 radical (unpaired) electrons. The number of hydrogen-bond acceptors (Lipinski definition) is 2. The number of hydrogen-bond donors (Lipinski definition) is 1. The van der Waals surface area contributed by atoms with Crippen LogP contribution in [0.4, 0.5) is 5.69 Å². The van der Waals surface area contributed by atoms with Crippen molar-refractivity contribution in [2.24, 2.45) is 13.0 Å². The van der Waals surface area contributed by atoms with Crippen LogP contribution in [0.3, 0.4) is 0 Å². The first kappa shape index (κ1) is 10.1. The van der Waals surface area contributed by atoms with Crippen LogP contribution in [0.25, 0.3) is 0 Å². The Morgan fingerprint density at radius 3 is 2.69 bits per heavy atom. The summed E-state index contributed by atoms with van der Waals surface area (Å²) in [5.74, 6) is 0.695. The van der Waals surface area contributed by atoms with Gasteiger partial charge in [0.25, 0.3) is 0 Å². The van der Waals surface area contributed by atoms with Gasteiger partial charge in [0.15, 0.2) is 0 Å². The molecule has 3 heteroatoms. The molecule has 0 aliphatic heterocycles. The lowest BCUT2D eigenvalue weighted by molar-refractivity contribution is 0.494. The highest BCUT2D eigenvalue weighted by molar-refractivity contribution is 5.39. The van der Waals surface area contributed by atoms with Crippen molar-refractivity contribution in [2.45, 2.75) is 33.2 Å². The van der Waals surface area contributed by atoms with E-state index < -0.39 is 0 Å². The molecule has 0 aliphatic carbocycles. The minimum Gasteiger partial charge on any atom is -0.380 e. The maximum atomic E-state index is 4.11. The van der Waals surface area contributed by atoms with Gasteiger partial charge in [-0.3, -0.25) is 4.68 Å². The molecule has 1 aromatic heterocycles. The average Bonchev–Trinajstić information content (AvgIpc) is 2.49. The highest BCUT2D eigenvalue weighted by atomic mass is 15.3. The van der Waals surface area contributed by atoms with Crippen molar-refractivity contribution in [3.05, 3.63) is 12.4 Å². The molecule has 0 amide bonds. The van der Waals surface area contributed by atoms with Gasteiger partial charge in [-0.05, 0) is 12.8 Å². The zero-order chi connectivity index (χ0) is 9.84. The fraction of sp³-hybridized carbons (Fsp3) is 0.700. The van der Waals surface area contributed by atoms with Gasteiger partial charge in [0.05, 0.1) is 11.9 Å². The Labute approximate surface area is 80.1 Å². The molecule has 0 saturated carbocycles. The monoisotopic (exact) mass is 181 g/mol. The number of nitrogens with zero attached hydrogens (tertiary/aromatic N) is 2. The average molecular weight is 181 g/mol. The van der Waals surface area contributed by atoms with Gasteiger partial charge in [-0.25, -0.2) is 0 Å². The third-order valence-corrected chi connectivity index (χ3v) is 2.60. The van der Waals surface area contributed by atoms with Crippen LogP contribution in [0.2, 0.25) is 0 Å². The predicted molar refractivity (Wildman–Crippen MR) is 55.7 cm³/mol. The van der Waals surface area contributed by atoms with Crippen LogP contribution < -0.4 is 5.32 Å². The summed E-state index contributed by atoms with van der Waals surface area (Å²) < 4.78 is 1.81. The maximum Gasteiger partial charge on any atom is 0.0728 e. The lowest BCUT2D eigenvalue weighted by atomic mass is 10.0. The first-order valence-electron chi connectivity index (χ1n) is 4.88. The molecule has 13 heavy (non-hydrogen) atoms. The quantitative estimate of drug-likeness (QED) is 0.772. The summed E-state index contributed by atoms with van der Waals surface area (Å²) in [5.41, 5.74) is 1.11. The molecule has 0 unspecified atom stereocenters. The van der Waals surface area contributed by atoms with Crippen LogP contribution >= 0.6 is 0 Å². The van der Waals surface area contributed by atoms with E-state index >= 15 is 0 Å². The lowest BCUT2D eigenvalue weighted by Gasteiger charge is -2.19. The topological polar surface area (TPSA) is 29.9 Å². The summed E-state index contributed by atoms with van der Waals surface area (Å²) in [4.78, 5) is 0. The Kier molecular flexibility index (Phi) is 3.34. The fourth-order valence-corrected chi connectivity index (χ4v) is 1.25. The van der Waals surface area contributed by atoms with E-state index in [4.69, 9.17) is 0 Å². The Balaban J connectivity index is 2.49. The van der Waals surface area contributed by atoms with Crippen LogP contribution in [-0.4, -0.2) is 15.8 Å². The Morgan fingerprint density at radius 2 is 2.23 bits per heavy atom. The van der Waals surface area contributed by atoms with E-state index in [0.717, 1.165) is 5.69 Å². The van der Waals surface area contributed by atoms with Crippen molar-refractivity contribution >= 4 is 5.69 Å². The first-order valence-corrected chi connectivity index (χ1v) is 4.88. The normalized spacial score (nSPS) is 15.4. The van der Waals surface area contributed by atoms with Gasteiger partial charge in [0, 0.05) is 19.3 Å². The summed E-state index contributed by atoms with van der Waals surface area (Å²) in [5, 5.41) is 7.54. The zero-order valence-electron chi connectivity index (χ0n) is 8.91. The highest BCUT2D eigenvalue weighted by Crippen LogP contribution is 2.13. The SMILES string of the molecule is CC[C@H](C)[C@H](C)Nc1cnn(C)c1. The fourth-order valence-electron chi connectivity index (χ4n) is 1.25. The van der Waals surface area contributed by atoms with E-state index in [2.05, 4.69) is 31.2 Å². The lowest BCUT2D eigenvalue weighted by Crippen LogP contribution is -2.22. The minimum atomic E-state index is 0.509. The molecule has 3 nitrogen and oxygen atoms in total. The van der Waals surface area contributed by atoms with Crippen molar-refractivity contribution in [3.63, 3.8) is 0 Å². The molecule has 0 aliphatic rings. The summed E-state index contributed by atoms with van der Waals surface area (Å²) in [7, 11) is 1.93. The van der Waals surface area contributed by atoms with E-state index in [1.807, 2.05) is 24.1 Å². The first-order chi connectivity index (χ1) is 6.13. The van der Waals surface area contributed by atoms with Gasteiger partial charge in [0.2, 0.25) is 0 Å². The van der Waals surface area contributed by atoms with Crippen LogP contribution in [0, 0.1) is 5.92 Å². The van der Waals surface area contributed by atoms with Crippen LogP contribution in [0.1, 0.15) is 27.2 Å². The standard InChI is InChI=1S/C10H19N3/c1-5-8(2)9(3)12-10-6-11-13(4)7-10/h6-9,12H,5H2,1-4H3/t8-,9-/m0/s1. The van der Waals surface area contributed by atoms with Crippen LogP contribution in [0.15, 0.2) is 12.4 Å². The Morgan fingerprint density at radius 1 is 1.54 bits per heavy atom. The molecule has 1 rings (SSSR count). The molecular weight excluding hydrogens is 162 g/mol. The molecule has 0 fully saturated rings. The number of aryl methyl sites for hydroxylation is 1. The van der Waals surface area contributed by atoms with Gasteiger partial charge in [-0.15, -0.1) is 0 Å². The molecule has 2 atom stereocenters. The van der Waals surface area contributed by atoms with Gasteiger partial charge in [-0.2, -0.15) is 5.10 Å². The van der Waals surface area contributed by atoms with E-state index in [0.29, 0.717) is 12.0 Å². The Hall–Kier alpha value is -0.990. The summed E-state index contributed by atoms with van der Waals surface area (Å²) in [6, 6.07) is 0.509. The smallest absolute Gasteiger partial charge is 0.0728 e. The maximum absolute atomic E-state index is 4.11. The highest BCUT2D eigenvalue weighted by Gasteiger charge is 2.09. The molecule has 0 saturated heterocycles. The van der Waals surface area contributed by atoms with Crippen LogP contribution in [0.5, 0.6) is 0 Å². The zero-order valence-corrected chi connectivity index (χ0v) is 8.91. The molecule has 0 bridgehead atoms. The number of nitrogens with one attached hydrogen (secondary N) is 1. The van der Waals surface area contributed by atoms with Gasteiger partial charge < -0.3 is 5.32 Å². The number of aromatic nitrogens is 2. The number of rotatable bonds is 4. The molecule has 0 spiro atoms. The molecule has 1 aromatic rings. The van der Waals surface area contributed by atoms with Crippen molar-refractivity contribution in [1.29, 1.82) is 0 Å². The molecule has 1 N–H and O–H groups in total. The van der Waals surface area contributed by atoms with Crippen molar-refractivity contribution in [2.75, 3.05) is 5.32 Å². The molecule has 74 valence electrons. The summed E-state index contributed by atoms with van der Waals surface area (Å²) in [6.07, 6.45) is 5.06. The van der Waals surface area contributed by atoms with Gasteiger partial charge in [-0.1, -0.05) is 20.3 Å². The molecular formula is C10H19N3. The van der Waals surface area contributed by atoms with E-state index in [1.54, 1.807) is 0 Å². The van der Waals surface area contributed by atoms with E-state index in [9.17, 15) is 0 Å². The molecule has 1 heterocycles. The van der Waals surface area contributed by atoms with Crippen molar-refractivity contribution in [1.82, 2.24) is 9.78 Å². The second-order valence-corrected chi connectivity index (χ2v) is 3.72. The second-order valence-electron chi connectivity index (χ2n) is 3.72. The largest absolute Gasteiger partial charge is 0.380 e. The predicted octanol–water partition coefficient (Wildman–Crippen LogP) is 2.27. The van der Waals surface area contributed by atoms with Gasteiger partial charge in [0.1, 0.15) is 0 Å². The second kappa shape index (κ2) is 4.30. The van der Waals surface area contributed by atoms with Crippen molar-refractivity contribution in [3.8, 4) is 0 Å². The minimum absolute atomic E-state index is 0.509. The van der Waals surface area contributed by atoms with Crippen molar-refractivity contribution < 1.29 is 0 Å². The third-order valence-electron chi connectivity index (χ3n) is 2.60. The third kappa shape index (κ3) is 2.76. The number of anilines is 1. The van der Waals surface area contributed by atoms with E-state index in [-0.39, 0.29) is 0 Å². The summed E-state index contributed by atoms with van der Waals surface area (Å²) >= 11 is 0. The van der Waals surface area contributed by atoms with Crippen LogP contribution in [-0.2, 0) is 7.05 Å². The van der Waals surface area contributed by atoms with E-state index in [1.165, 1.54) is 6.42 Å². The van der Waals surface area contributed by atoms with Gasteiger partial charge >= 0.3 is 0 Å².